The number of rotatable bonds is 4. The Balaban J connectivity index is 2.30. The summed E-state index contributed by atoms with van der Waals surface area (Å²) in [5.41, 5.74) is 5.02. The van der Waals surface area contributed by atoms with E-state index in [-0.39, 0.29) is 0 Å². The van der Waals surface area contributed by atoms with Gasteiger partial charge in [-0.3, -0.25) is 0 Å². The van der Waals surface area contributed by atoms with Crippen molar-refractivity contribution in [3.8, 4) is 11.1 Å². The Bertz CT molecular complexity index is 574. The van der Waals surface area contributed by atoms with Gasteiger partial charge in [0.15, 0.2) is 0 Å². The van der Waals surface area contributed by atoms with E-state index in [1.807, 2.05) is 18.2 Å². The second-order valence-electron chi connectivity index (χ2n) is 4.41. The molecule has 0 fully saturated rings. The molecule has 0 radical (unpaired) electrons. The van der Waals surface area contributed by atoms with E-state index in [1.165, 1.54) is 22.3 Å². The summed E-state index contributed by atoms with van der Waals surface area (Å²) in [5.74, 6) is 0. The third-order valence-corrected chi connectivity index (χ3v) is 3.45. The maximum atomic E-state index is 4.31. The molecule has 2 aromatic rings. The summed E-state index contributed by atoms with van der Waals surface area (Å²) in [6.07, 6.45) is 4.93. The Hall–Kier alpha value is -1.73. The second kappa shape index (κ2) is 6.44. The molecule has 0 heterocycles. The fourth-order valence-electron chi connectivity index (χ4n) is 2.09. The molecule has 0 saturated heterocycles. The van der Waals surface area contributed by atoms with Gasteiger partial charge in [-0.05, 0) is 40.8 Å². The summed E-state index contributed by atoms with van der Waals surface area (Å²) in [6.45, 7) is 5.93. The fourth-order valence-corrected chi connectivity index (χ4v) is 2.24. The number of allylic oxidation sites excluding steroid dienone is 3. The lowest BCUT2D eigenvalue weighted by molar-refractivity contribution is 1.24. The van der Waals surface area contributed by atoms with Crippen LogP contribution in [0.3, 0.4) is 0 Å². The van der Waals surface area contributed by atoms with Crippen molar-refractivity contribution in [3.05, 3.63) is 72.8 Å². The monoisotopic (exact) mass is 266 g/mol. The minimum atomic E-state index is 0.988. The number of benzene rings is 2. The van der Waals surface area contributed by atoms with E-state index >= 15 is 0 Å². The van der Waals surface area contributed by atoms with Gasteiger partial charge in [0, 0.05) is 4.90 Å². The number of hydrogen-bond acceptors (Lipinski definition) is 1. The predicted octanol–water partition coefficient (Wildman–Crippen LogP) is 5.62. The molecule has 19 heavy (non-hydrogen) atoms. The van der Waals surface area contributed by atoms with Gasteiger partial charge in [-0.2, -0.15) is 0 Å². The van der Waals surface area contributed by atoms with Crippen LogP contribution in [-0.2, 0) is 0 Å². The van der Waals surface area contributed by atoms with Crippen LogP contribution < -0.4 is 0 Å². The molecule has 0 aromatic heterocycles. The van der Waals surface area contributed by atoms with Crippen LogP contribution in [0.4, 0.5) is 0 Å². The van der Waals surface area contributed by atoms with Crippen LogP contribution in [0, 0.1) is 0 Å². The maximum Gasteiger partial charge on any atom is 0.00404 e. The maximum absolute atomic E-state index is 4.31. The topological polar surface area (TPSA) is 0 Å². The van der Waals surface area contributed by atoms with Gasteiger partial charge in [0.25, 0.3) is 0 Å². The third kappa shape index (κ3) is 3.39. The molecule has 2 aromatic carbocycles. The smallest absolute Gasteiger partial charge is 0.00404 e. The molecule has 96 valence electrons. The van der Waals surface area contributed by atoms with Gasteiger partial charge in [0.05, 0.1) is 0 Å². The first kappa shape index (κ1) is 13.7. The van der Waals surface area contributed by atoms with Crippen LogP contribution in [0.1, 0.15) is 18.9 Å². The molecule has 0 N–H and O–H groups in total. The molecule has 0 amide bonds. The Labute approximate surface area is 120 Å². The molecular formula is C18H18S. The van der Waals surface area contributed by atoms with Gasteiger partial charge >= 0.3 is 0 Å². The van der Waals surface area contributed by atoms with Crippen molar-refractivity contribution in [2.75, 3.05) is 0 Å². The molecule has 0 aliphatic rings. The van der Waals surface area contributed by atoms with Crippen molar-refractivity contribution in [3.63, 3.8) is 0 Å². The van der Waals surface area contributed by atoms with Crippen LogP contribution in [0.15, 0.2) is 72.2 Å². The summed E-state index contributed by atoms with van der Waals surface area (Å²) in [5, 5.41) is 0. The fraction of sp³-hybridized carbons (Fsp3) is 0.111. The molecule has 0 unspecified atom stereocenters. The second-order valence-corrected chi connectivity index (χ2v) is 4.92. The standard InChI is InChI=1S/C18H18S/c1-3-5-14(4-2)15-6-8-16(9-7-15)17-10-12-18(19)13-11-17/h3,5-13,19H,1,4H2,2H3/b14-5+. The zero-order valence-electron chi connectivity index (χ0n) is 11.1. The average molecular weight is 266 g/mol. The highest BCUT2D eigenvalue weighted by atomic mass is 32.1. The molecular weight excluding hydrogens is 248 g/mol. The van der Waals surface area contributed by atoms with Crippen molar-refractivity contribution in [2.24, 2.45) is 0 Å². The lowest BCUT2D eigenvalue weighted by Gasteiger charge is -2.07. The highest BCUT2D eigenvalue weighted by molar-refractivity contribution is 7.80. The van der Waals surface area contributed by atoms with Crippen molar-refractivity contribution >= 4 is 18.2 Å². The van der Waals surface area contributed by atoms with E-state index < -0.39 is 0 Å². The zero-order chi connectivity index (χ0) is 13.7. The summed E-state index contributed by atoms with van der Waals surface area (Å²) in [4.78, 5) is 0.988. The van der Waals surface area contributed by atoms with Gasteiger partial charge in [0.1, 0.15) is 0 Å². The molecule has 0 bridgehead atoms. The van der Waals surface area contributed by atoms with E-state index in [0.717, 1.165) is 11.3 Å². The Morgan fingerprint density at radius 2 is 1.53 bits per heavy atom. The minimum Gasteiger partial charge on any atom is -0.143 e. The van der Waals surface area contributed by atoms with Crippen LogP contribution in [0.2, 0.25) is 0 Å². The van der Waals surface area contributed by atoms with Crippen molar-refractivity contribution < 1.29 is 0 Å². The first-order valence-electron chi connectivity index (χ1n) is 6.46. The summed E-state index contributed by atoms with van der Waals surface area (Å²) in [6, 6.07) is 16.9. The van der Waals surface area contributed by atoms with E-state index in [0.29, 0.717) is 0 Å². The molecule has 0 saturated carbocycles. The van der Waals surface area contributed by atoms with Gasteiger partial charge in [-0.25, -0.2) is 0 Å². The van der Waals surface area contributed by atoms with Crippen molar-refractivity contribution in [1.29, 1.82) is 0 Å². The van der Waals surface area contributed by atoms with Crippen LogP contribution in [0.25, 0.3) is 16.7 Å². The molecule has 0 nitrogen and oxygen atoms in total. The Morgan fingerprint density at radius 3 is 2.00 bits per heavy atom. The van der Waals surface area contributed by atoms with E-state index in [4.69, 9.17) is 0 Å². The third-order valence-electron chi connectivity index (χ3n) is 3.16. The summed E-state index contributed by atoms with van der Waals surface area (Å²) >= 11 is 4.31. The highest BCUT2D eigenvalue weighted by Gasteiger charge is 2.00. The number of hydrogen-bond donors (Lipinski definition) is 1. The van der Waals surface area contributed by atoms with Crippen LogP contribution in [-0.4, -0.2) is 0 Å². The van der Waals surface area contributed by atoms with Gasteiger partial charge in [0.2, 0.25) is 0 Å². The Kier molecular flexibility index (Phi) is 4.64. The Morgan fingerprint density at radius 1 is 1.00 bits per heavy atom. The van der Waals surface area contributed by atoms with Crippen molar-refractivity contribution in [1.82, 2.24) is 0 Å². The van der Waals surface area contributed by atoms with Crippen molar-refractivity contribution in [2.45, 2.75) is 18.2 Å². The van der Waals surface area contributed by atoms with Gasteiger partial charge < -0.3 is 0 Å². The van der Waals surface area contributed by atoms with E-state index in [9.17, 15) is 0 Å². The van der Waals surface area contributed by atoms with Gasteiger partial charge in [-0.15, -0.1) is 12.6 Å². The molecule has 0 atom stereocenters. The van der Waals surface area contributed by atoms with E-state index in [1.54, 1.807) is 0 Å². The summed E-state index contributed by atoms with van der Waals surface area (Å²) in [7, 11) is 0. The first-order valence-corrected chi connectivity index (χ1v) is 6.90. The first-order chi connectivity index (χ1) is 9.24. The lowest BCUT2D eigenvalue weighted by atomic mass is 9.99. The SMILES string of the molecule is C=C/C=C(\CC)c1ccc(-c2ccc(S)cc2)cc1. The normalized spacial score (nSPS) is 11.4. The molecule has 0 aliphatic heterocycles. The number of thiol groups is 1. The zero-order valence-corrected chi connectivity index (χ0v) is 12.0. The largest absolute Gasteiger partial charge is 0.143 e. The van der Waals surface area contributed by atoms with Gasteiger partial charge in [-0.1, -0.05) is 62.1 Å². The molecule has 1 heteroatoms. The minimum absolute atomic E-state index is 0.988. The molecule has 2 rings (SSSR count). The molecule has 0 spiro atoms. The quantitative estimate of drug-likeness (QED) is 0.538. The van der Waals surface area contributed by atoms with Crippen LogP contribution >= 0.6 is 12.6 Å². The highest BCUT2D eigenvalue weighted by Crippen LogP contribution is 2.24. The summed E-state index contributed by atoms with van der Waals surface area (Å²) < 4.78 is 0. The molecule has 0 aliphatic carbocycles. The predicted molar refractivity (Wildman–Crippen MR) is 87.6 cm³/mol. The van der Waals surface area contributed by atoms with Crippen LogP contribution in [0.5, 0.6) is 0 Å². The average Bonchev–Trinajstić information content (AvgIpc) is 2.46. The van der Waals surface area contributed by atoms with E-state index in [2.05, 4.69) is 68.6 Å². The lowest BCUT2D eigenvalue weighted by Crippen LogP contribution is -1.84.